The van der Waals surface area contributed by atoms with Crippen LogP contribution in [0, 0.1) is 0 Å². The Hall–Kier alpha value is -3.76. The molecule has 0 unspecified atom stereocenters. The molecule has 4 aromatic rings. The summed E-state index contributed by atoms with van der Waals surface area (Å²) in [5.41, 5.74) is 1.37. The van der Waals surface area contributed by atoms with E-state index < -0.39 is 34.4 Å². The smallest absolute Gasteiger partial charge is 0.264 e. The van der Waals surface area contributed by atoms with Gasteiger partial charge in [-0.05, 0) is 67.9 Å². The van der Waals surface area contributed by atoms with Crippen molar-refractivity contribution in [3.8, 4) is 5.75 Å². The van der Waals surface area contributed by atoms with Gasteiger partial charge in [0, 0.05) is 40.1 Å². The zero-order valence-electron chi connectivity index (χ0n) is 25.3. The second-order valence-electron chi connectivity index (χ2n) is 10.2. The van der Waals surface area contributed by atoms with Crippen LogP contribution in [0.3, 0.4) is 0 Å². The van der Waals surface area contributed by atoms with Crippen molar-refractivity contribution < 1.29 is 22.7 Å². The number of halogens is 3. The molecule has 0 aliphatic carbocycles. The number of anilines is 1. The highest BCUT2D eigenvalue weighted by Gasteiger charge is 2.36. The quantitative estimate of drug-likeness (QED) is 0.153. The Labute approximate surface area is 284 Å². The maximum Gasteiger partial charge on any atom is 0.264 e. The number of amides is 2. The number of rotatable bonds is 14. The lowest BCUT2D eigenvalue weighted by molar-refractivity contribution is -0.140. The summed E-state index contributed by atoms with van der Waals surface area (Å²) < 4.78 is 35.3. The van der Waals surface area contributed by atoms with E-state index in [1.165, 1.54) is 29.2 Å². The second kappa shape index (κ2) is 16.2. The molecule has 1 atom stereocenters. The van der Waals surface area contributed by atoms with Crippen LogP contribution in [-0.2, 0) is 32.6 Å². The third-order valence-electron chi connectivity index (χ3n) is 7.13. The summed E-state index contributed by atoms with van der Waals surface area (Å²) in [6.07, 6.45) is 0.153. The van der Waals surface area contributed by atoms with Gasteiger partial charge in [0.1, 0.15) is 18.3 Å². The minimum absolute atomic E-state index is 0.0822. The van der Waals surface area contributed by atoms with Crippen molar-refractivity contribution in [2.45, 2.75) is 37.8 Å². The minimum atomic E-state index is -4.35. The Morgan fingerprint density at radius 2 is 1.46 bits per heavy atom. The van der Waals surface area contributed by atoms with Crippen molar-refractivity contribution in [1.29, 1.82) is 0 Å². The summed E-state index contributed by atoms with van der Waals surface area (Å²) >= 11 is 19.2. The van der Waals surface area contributed by atoms with Crippen LogP contribution in [0.15, 0.2) is 102 Å². The standard InChI is InChI=1S/C34H34Cl3N3O5S/c1-3-38-34(42)31(21-24-11-6-5-7-12-24)39(22-27-28(36)13-10-14-29(27)37)33(41)23-40(30-15-8-9-16-32(30)45-4-2)46(43,44)26-19-17-25(35)18-20-26/h5-20,31H,3-4,21-23H2,1-2H3,(H,38,42)/t31-/m1/s1. The summed E-state index contributed by atoms with van der Waals surface area (Å²) in [6, 6.07) is 25.4. The van der Waals surface area contributed by atoms with Gasteiger partial charge in [-0.25, -0.2) is 8.42 Å². The van der Waals surface area contributed by atoms with Gasteiger partial charge < -0.3 is 15.0 Å². The van der Waals surface area contributed by atoms with Crippen LogP contribution >= 0.6 is 34.8 Å². The molecule has 4 aromatic carbocycles. The molecule has 2 amide bonds. The molecule has 4 rings (SSSR count). The number of para-hydroxylation sites is 2. The molecule has 0 saturated carbocycles. The number of hydrogen-bond donors (Lipinski definition) is 1. The van der Waals surface area contributed by atoms with E-state index in [1.54, 1.807) is 56.3 Å². The Balaban J connectivity index is 1.86. The summed E-state index contributed by atoms with van der Waals surface area (Å²) in [6.45, 7) is 3.30. The van der Waals surface area contributed by atoms with Crippen LogP contribution < -0.4 is 14.4 Å². The molecule has 0 aromatic heterocycles. The number of likely N-dealkylation sites (N-methyl/N-ethyl adjacent to an activating group) is 1. The minimum Gasteiger partial charge on any atom is -0.492 e. The Bertz CT molecular complexity index is 1740. The summed E-state index contributed by atoms with van der Waals surface area (Å²) in [4.78, 5) is 29.5. The van der Waals surface area contributed by atoms with E-state index in [0.29, 0.717) is 27.2 Å². The average Bonchev–Trinajstić information content (AvgIpc) is 3.04. The molecule has 0 bridgehead atoms. The highest BCUT2D eigenvalue weighted by molar-refractivity contribution is 7.92. The van der Waals surface area contributed by atoms with Gasteiger partial charge in [0.25, 0.3) is 10.0 Å². The zero-order valence-corrected chi connectivity index (χ0v) is 28.4. The van der Waals surface area contributed by atoms with Crippen LogP contribution in [0.2, 0.25) is 15.1 Å². The number of nitrogens with one attached hydrogen (secondary N) is 1. The van der Waals surface area contributed by atoms with Gasteiger partial charge in [-0.1, -0.05) is 83.3 Å². The van der Waals surface area contributed by atoms with Gasteiger partial charge in [-0.3, -0.25) is 13.9 Å². The van der Waals surface area contributed by atoms with Gasteiger partial charge in [0.15, 0.2) is 0 Å². The fourth-order valence-electron chi connectivity index (χ4n) is 4.89. The molecule has 0 aliphatic heterocycles. The summed E-state index contributed by atoms with van der Waals surface area (Å²) in [5.74, 6) is -0.808. The summed E-state index contributed by atoms with van der Waals surface area (Å²) in [5, 5.41) is 3.77. The first-order valence-electron chi connectivity index (χ1n) is 14.6. The van der Waals surface area contributed by atoms with Crippen molar-refractivity contribution in [1.82, 2.24) is 10.2 Å². The fraction of sp³-hybridized carbons (Fsp3) is 0.235. The topological polar surface area (TPSA) is 96.0 Å². The van der Waals surface area contributed by atoms with Crippen molar-refractivity contribution in [2.24, 2.45) is 0 Å². The molecule has 0 aliphatic rings. The number of sulfonamides is 1. The Morgan fingerprint density at radius 1 is 0.826 bits per heavy atom. The largest absolute Gasteiger partial charge is 0.492 e. The lowest BCUT2D eigenvalue weighted by Gasteiger charge is -2.34. The van der Waals surface area contributed by atoms with Gasteiger partial charge in [0.2, 0.25) is 11.8 Å². The molecule has 12 heteroatoms. The number of carbonyl (C=O) groups is 2. The van der Waals surface area contributed by atoms with Crippen molar-refractivity contribution in [3.05, 3.63) is 123 Å². The van der Waals surface area contributed by atoms with E-state index in [4.69, 9.17) is 39.5 Å². The molecular weight excluding hydrogens is 669 g/mol. The van der Waals surface area contributed by atoms with Gasteiger partial charge in [-0.15, -0.1) is 0 Å². The van der Waals surface area contributed by atoms with Crippen LogP contribution in [0.25, 0.3) is 0 Å². The molecule has 1 N–H and O–H groups in total. The van der Waals surface area contributed by atoms with Gasteiger partial charge >= 0.3 is 0 Å². The molecule has 0 heterocycles. The van der Waals surface area contributed by atoms with E-state index in [0.717, 1.165) is 9.87 Å². The van der Waals surface area contributed by atoms with Crippen molar-refractivity contribution >= 4 is 62.3 Å². The third kappa shape index (κ3) is 8.53. The lowest BCUT2D eigenvalue weighted by Crippen LogP contribution is -2.53. The molecule has 0 saturated heterocycles. The maximum absolute atomic E-state index is 14.6. The lowest BCUT2D eigenvalue weighted by atomic mass is 10.0. The number of hydrogen-bond acceptors (Lipinski definition) is 5. The first-order valence-corrected chi connectivity index (χ1v) is 17.2. The number of ether oxygens (including phenoxy) is 1. The summed E-state index contributed by atoms with van der Waals surface area (Å²) in [7, 11) is -4.35. The molecular formula is C34H34Cl3N3O5S. The van der Waals surface area contributed by atoms with Crippen LogP contribution in [-0.4, -0.2) is 50.9 Å². The Kier molecular flexibility index (Phi) is 12.3. The molecule has 0 spiro atoms. The third-order valence-corrected chi connectivity index (χ3v) is 9.86. The van der Waals surface area contributed by atoms with Gasteiger partial charge in [-0.2, -0.15) is 0 Å². The fourth-order valence-corrected chi connectivity index (χ4v) is 6.96. The molecule has 46 heavy (non-hydrogen) atoms. The molecule has 242 valence electrons. The van der Waals surface area contributed by atoms with E-state index in [1.807, 2.05) is 30.3 Å². The normalized spacial score (nSPS) is 11.8. The second-order valence-corrected chi connectivity index (χ2v) is 13.3. The van der Waals surface area contributed by atoms with E-state index in [2.05, 4.69) is 5.32 Å². The number of nitrogens with zero attached hydrogens (tertiary/aromatic N) is 2. The molecule has 8 nitrogen and oxygen atoms in total. The number of benzene rings is 4. The first-order chi connectivity index (χ1) is 22.1. The van der Waals surface area contributed by atoms with E-state index >= 15 is 0 Å². The van der Waals surface area contributed by atoms with E-state index in [9.17, 15) is 18.0 Å². The maximum atomic E-state index is 14.6. The van der Waals surface area contributed by atoms with Crippen molar-refractivity contribution in [2.75, 3.05) is 24.0 Å². The van der Waals surface area contributed by atoms with Crippen LogP contribution in [0.5, 0.6) is 5.75 Å². The van der Waals surface area contributed by atoms with Crippen molar-refractivity contribution in [3.63, 3.8) is 0 Å². The average molecular weight is 703 g/mol. The first kappa shape index (κ1) is 35.1. The highest BCUT2D eigenvalue weighted by Crippen LogP contribution is 2.34. The Morgan fingerprint density at radius 3 is 2.09 bits per heavy atom. The highest BCUT2D eigenvalue weighted by atomic mass is 35.5. The molecule has 0 radical (unpaired) electrons. The predicted molar refractivity (Wildman–Crippen MR) is 183 cm³/mol. The monoisotopic (exact) mass is 701 g/mol. The zero-order chi connectivity index (χ0) is 33.3. The van der Waals surface area contributed by atoms with Crippen LogP contribution in [0.4, 0.5) is 5.69 Å². The van der Waals surface area contributed by atoms with Gasteiger partial charge in [0.05, 0.1) is 17.2 Å². The van der Waals surface area contributed by atoms with Crippen LogP contribution in [0.1, 0.15) is 25.0 Å². The predicted octanol–water partition coefficient (Wildman–Crippen LogP) is 7.02. The molecule has 0 fully saturated rings. The SMILES string of the molecule is CCNC(=O)[C@@H](Cc1ccccc1)N(Cc1c(Cl)cccc1Cl)C(=O)CN(c1ccccc1OCC)S(=O)(=O)c1ccc(Cl)cc1. The van der Waals surface area contributed by atoms with E-state index in [-0.39, 0.29) is 35.9 Å². The number of carbonyl (C=O) groups excluding carboxylic acids is 2.